The Labute approximate surface area is 143 Å². The van der Waals surface area contributed by atoms with E-state index in [1.54, 1.807) is 23.1 Å². The molecule has 1 spiro atoms. The van der Waals surface area contributed by atoms with Gasteiger partial charge in [-0.15, -0.1) is 0 Å². The SMILES string of the molecule is O=C1NC(=O)C2(CCN(C(=O)Cc3ccc(Cl)cc3Cl)CC2)N1. The maximum Gasteiger partial charge on any atom is 0.322 e. The second-order valence-corrected chi connectivity index (χ2v) is 6.63. The number of halogens is 2. The summed E-state index contributed by atoms with van der Waals surface area (Å²) in [4.78, 5) is 37.3. The van der Waals surface area contributed by atoms with E-state index in [1.807, 2.05) is 0 Å². The molecule has 2 heterocycles. The Balaban J connectivity index is 1.62. The number of hydrogen-bond acceptors (Lipinski definition) is 3. The van der Waals surface area contributed by atoms with Crippen molar-refractivity contribution in [3.63, 3.8) is 0 Å². The van der Waals surface area contributed by atoms with Crippen LogP contribution in [-0.4, -0.2) is 41.4 Å². The average molecular weight is 356 g/mol. The van der Waals surface area contributed by atoms with Crippen LogP contribution in [0.15, 0.2) is 18.2 Å². The van der Waals surface area contributed by atoms with E-state index in [-0.39, 0.29) is 18.2 Å². The highest BCUT2D eigenvalue weighted by Gasteiger charge is 2.48. The topological polar surface area (TPSA) is 78.5 Å². The van der Waals surface area contributed by atoms with Gasteiger partial charge in [-0.25, -0.2) is 4.79 Å². The van der Waals surface area contributed by atoms with Gasteiger partial charge >= 0.3 is 6.03 Å². The summed E-state index contributed by atoms with van der Waals surface area (Å²) in [5, 5.41) is 5.90. The number of carbonyl (C=O) groups excluding carboxylic acids is 3. The van der Waals surface area contributed by atoms with Gasteiger partial charge in [-0.3, -0.25) is 14.9 Å². The van der Waals surface area contributed by atoms with Crippen LogP contribution in [0.2, 0.25) is 10.0 Å². The molecule has 0 bridgehead atoms. The van der Waals surface area contributed by atoms with E-state index in [1.165, 1.54) is 0 Å². The first-order chi connectivity index (χ1) is 10.9. The van der Waals surface area contributed by atoms with E-state index in [0.29, 0.717) is 41.5 Å². The van der Waals surface area contributed by atoms with Crippen molar-refractivity contribution in [2.45, 2.75) is 24.8 Å². The summed E-state index contributed by atoms with van der Waals surface area (Å²) in [5.41, 5.74) is -0.153. The maximum atomic E-state index is 12.4. The lowest BCUT2D eigenvalue weighted by Crippen LogP contribution is -2.55. The molecule has 1 aromatic carbocycles. The molecule has 0 atom stereocenters. The Morgan fingerprint density at radius 2 is 1.91 bits per heavy atom. The third-order valence-corrected chi connectivity index (χ3v) is 4.93. The average Bonchev–Trinajstić information content (AvgIpc) is 2.76. The quantitative estimate of drug-likeness (QED) is 0.793. The van der Waals surface area contributed by atoms with Crippen molar-refractivity contribution in [3.8, 4) is 0 Å². The van der Waals surface area contributed by atoms with E-state index in [9.17, 15) is 14.4 Å². The molecule has 4 amide bonds. The van der Waals surface area contributed by atoms with Crippen molar-refractivity contribution < 1.29 is 14.4 Å². The predicted molar refractivity (Wildman–Crippen MR) is 85.4 cm³/mol. The molecular formula is C15H15Cl2N3O3. The fourth-order valence-corrected chi connectivity index (χ4v) is 3.43. The van der Waals surface area contributed by atoms with Gasteiger partial charge in [0, 0.05) is 23.1 Å². The highest BCUT2D eigenvalue weighted by atomic mass is 35.5. The largest absolute Gasteiger partial charge is 0.342 e. The van der Waals surface area contributed by atoms with Gasteiger partial charge in [0.1, 0.15) is 5.54 Å². The highest BCUT2D eigenvalue weighted by Crippen LogP contribution is 2.27. The molecule has 3 rings (SSSR count). The van der Waals surface area contributed by atoms with Crippen molar-refractivity contribution in [1.29, 1.82) is 0 Å². The molecule has 0 saturated carbocycles. The summed E-state index contributed by atoms with van der Waals surface area (Å²) in [7, 11) is 0. The molecule has 122 valence electrons. The summed E-state index contributed by atoms with van der Waals surface area (Å²) in [6, 6.07) is 4.57. The van der Waals surface area contributed by atoms with Gasteiger partial charge in [-0.2, -0.15) is 0 Å². The van der Waals surface area contributed by atoms with Crippen molar-refractivity contribution in [3.05, 3.63) is 33.8 Å². The lowest BCUT2D eigenvalue weighted by atomic mass is 9.87. The van der Waals surface area contributed by atoms with Crippen LogP contribution >= 0.6 is 23.2 Å². The second kappa shape index (κ2) is 6.02. The number of urea groups is 1. The van der Waals surface area contributed by atoms with Crippen molar-refractivity contribution in [2.24, 2.45) is 0 Å². The van der Waals surface area contributed by atoms with Crippen LogP contribution < -0.4 is 10.6 Å². The minimum absolute atomic E-state index is 0.0613. The van der Waals surface area contributed by atoms with Gasteiger partial charge in [0.15, 0.2) is 0 Å². The smallest absolute Gasteiger partial charge is 0.322 e. The molecule has 2 aliphatic heterocycles. The van der Waals surface area contributed by atoms with Crippen LogP contribution in [-0.2, 0) is 16.0 Å². The van der Waals surface area contributed by atoms with E-state index in [4.69, 9.17) is 23.2 Å². The Kier molecular flexibility index (Phi) is 4.21. The third-order valence-electron chi connectivity index (χ3n) is 4.34. The van der Waals surface area contributed by atoms with Gasteiger partial charge < -0.3 is 10.2 Å². The molecule has 2 aliphatic rings. The summed E-state index contributed by atoms with van der Waals surface area (Å²) >= 11 is 11.9. The first-order valence-electron chi connectivity index (χ1n) is 7.25. The monoisotopic (exact) mass is 355 g/mol. The number of piperidine rings is 1. The first kappa shape index (κ1) is 16.1. The summed E-state index contributed by atoms with van der Waals surface area (Å²) < 4.78 is 0. The van der Waals surface area contributed by atoms with Crippen LogP contribution in [0.25, 0.3) is 0 Å². The van der Waals surface area contributed by atoms with Crippen LogP contribution in [0.5, 0.6) is 0 Å². The van der Waals surface area contributed by atoms with Crippen LogP contribution in [0.3, 0.4) is 0 Å². The minimum atomic E-state index is -0.869. The molecule has 0 radical (unpaired) electrons. The molecule has 8 heteroatoms. The molecule has 2 saturated heterocycles. The molecule has 0 aliphatic carbocycles. The Bertz CT molecular complexity index is 685. The maximum absolute atomic E-state index is 12.4. The number of carbonyl (C=O) groups is 3. The normalized spacial score (nSPS) is 19.7. The summed E-state index contributed by atoms with van der Waals surface area (Å²) in [6.07, 6.45) is 0.997. The zero-order chi connectivity index (χ0) is 16.6. The van der Waals surface area contributed by atoms with Gasteiger partial charge in [-0.05, 0) is 30.5 Å². The number of likely N-dealkylation sites (tertiary alicyclic amines) is 1. The van der Waals surface area contributed by atoms with Crippen molar-refractivity contribution in [1.82, 2.24) is 15.5 Å². The lowest BCUT2D eigenvalue weighted by molar-refractivity contribution is -0.135. The van der Waals surface area contributed by atoms with Gasteiger partial charge in [-0.1, -0.05) is 29.3 Å². The summed E-state index contributed by atoms with van der Waals surface area (Å²) in [5.74, 6) is -0.371. The standard InChI is InChI=1S/C15H15Cl2N3O3/c16-10-2-1-9(11(17)8-10)7-12(21)20-5-3-15(4-6-20)13(22)18-14(23)19-15/h1-2,8H,3-7H2,(H2,18,19,22,23). The number of imide groups is 1. The van der Waals surface area contributed by atoms with E-state index in [2.05, 4.69) is 10.6 Å². The van der Waals surface area contributed by atoms with E-state index >= 15 is 0 Å². The number of nitrogens with zero attached hydrogens (tertiary/aromatic N) is 1. The van der Waals surface area contributed by atoms with Gasteiger partial charge in [0.2, 0.25) is 5.91 Å². The number of benzene rings is 1. The van der Waals surface area contributed by atoms with Crippen LogP contribution in [0, 0.1) is 0 Å². The molecule has 6 nitrogen and oxygen atoms in total. The van der Waals surface area contributed by atoms with Gasteiger partial charge in [0.25, 0.3) is 5.91 Å². The predicted octanol–water partition coefficient (Wildman–Crippen LogP) is 1.74. The Hall–Kier alpha value is -1.79. The van der Waals surface area contributed by atoms with Gasteiger partial charge in [0.05, 0.1) is 6.42 Å². The highest BCUT2D eigenvalue weighted by molar-refractivity contribution is 6.35. The molecule has 23 heavy (non-hydrogen) atoms. The zero-order valence-corrected chi connectivity index (χ0v) is 13.7. The second-order valence-electron chi connectivity index (χ2n) is 5.78. The third kappa shape index (κ3) is 3.14. The summed E-state index contributed by atoms with van der Waals surface area (Å²) in [6.45, 7) is 0.829. The molecule has 0 unspecified atom stereocenters. The zero-order valence-electron chi connectivity index (χ0n) is 12.2. The van der Waals surface area contributed by atoms with Crippen LogP contribution in [0.4, 0.5) is 4.79 Å². The first-order valence-corrected chi connectivity index (χ1v) is 8.00. The van der Waals surface area contributed by atoms with Crippen molar-refractivity contribution >= 4 is 41.0 Å². The number of amides is 4. The fourth-order valence-electron chi connectivity index (χ4n) is 2.96. The molecular weight excluding hydrogens is 341 g/mol. The molecule has 2 N–H and O–H groups in total. The lowest BCUT2D eigenvalue weighted by Gasteiger charge is -2.37. The fraction of sp³-hybridized carbons (Fsp3) is 0.400. The molecule has 0 aromatic heterocycles. The molecule has 2 fully saturated rings. The Morgan fingerprint density at radius 1 is 1.22 bits per heavy atom. The van der Waals surface area contributed by atoms with E-state index in [0.717, 1.165) is 0 Å². The number of nitrogens with one attached hydrogen (secondary N) is 2. The van der Waals surface area contributed by atoms with Crippen molar-refractivity contribution in [2.75, 3.05) is 13.1 Å². The molecule has 1 aromatic rings. The Morgan fingerprint density at radius 3 is 2.48 bits per heavy atom. The van der Waals surface area contributed by atoms with E-state index < -0.39 is 11.6 Å². The minimum Gasteiger partial charge on any atom is -0.342 e. The number of hydrogen-bond donors (Lipinski definition) is 2. The van der Waals surface area contributed by atoms with Crippen LogP contribution in [0.1, 0.15) is 18.4 Å². The number of rotatable bonds is 2.